The molecule has 22 heavy (non-hydrogen) atoms. The summed E-state index contributed by atoms with van der Waals surface area (Å²) in [4.78, 5) is 14.2. The molecule has 0 unspecified atom stereocenters. The lowest BCUT2D eigenvalue weighted by molar-refractivity contribution is -0.131. The van der Waals surface area contributed by atoms with Crippen LogP contribution < -0.4 is 0 Å². The van der Waals surface area contributed by atoms with E-state index in [0.29, 0.717) is 5.02 Å². The van der Waals surface area contributed by atoms with Crippen molar-refractivity contribution in [2.75, 3.05) is 7.05 Å². The topological polar surface area (TPSA) is 20.3 Å². The number of carbonyl (C=O) groups is 1. The van der Waals surface area contributed by atoms with Gasteiger partial charge >= 0.3 is 0 Å². The molecule has 0 heterocycles. The molecule has 0 aliphatic heterocycles. The molecular formula is C18H17ClFNO. The Morgan fingerprint density at radius 3 is 2.82 bits per heavy atom. The maximum Gasteiger partial charge on any atom is 0.227 e. The molecule has 1 aliphatic rings. The molecular weight excluding hydrogens is 301 g/mol. The van der Waals surface area contributed by atoms with Crippen molar-refractivity contribution in [3.05, 3.63) is 70.0 Å². The number of aryl methyl sites for hydroxylation is 1. The van der Waals surface area contributed by atoms with E-state index >= 15 is 0 Å². The van der Waals surface area contributed by atoms with Gasteiger partial charge in [-0.1, -0.05) is 41.9 Å². The van der Waals surface area contributed by atoms with Crippen LogP contribution in [0.15, 0.2) is 42.5 Å². The molecule has 1 amide bonds. The normalized spacial score (nSPS) is 16.4. The van der Waals surface area contributed by atoms with Crippen LogP contribution in [-0.2, 0) is 17.6 Å². The molecule has 0 radical (unpaired) electrons. The van der Waals surface area contributed by atoms with Crippen molar-refractivity contribution in [3.8, 4) is 0 Å². The smallest absolute Gasteiger partial charge is 0.227 e. The van der Waals surface area contributed by atoms with E-state index in [2.05, 4.69) is 12.1 Å². The van der Waals surface area contributed by atoms with Gasteiger partial charge in [0, 0.05) is 17.6 Å². The second-order valence-electron chi connectivity index (χ2n) is 5.63. The van der Waals surface area contributed by atoms with Crippen LogP contribution in [0.2, 0.25) is 5.02 Å². The summed E-state index contributed by atoms with van der Waals surface area (Å²) in [5.74, 6) is -0.547. The van der Waals surface area contributed by atoms with Gasteiger partial charge in [0.1, 0.15) is 5.82 Å². The average molecular weight is 318 g/mol. The maximum atomic E-state index is 13.8. The zero-order valence-corrected chi connectivity index (χ0v) is 13.1. The molecule has 0 aromatic heterocycles. The van der Waals surface area contributed by atoms with E-state index in [-0.39, 0.29) is 23.9 Å². The van der Waals surface area contributed by atoms with Crippen LogP contribution in [-0.4, -0.2) is 17.9 Å². The molecule has 114 valence electrons. The highest BCUT2D eigenvalue weighted by Gasteiger charge is 2.28. The maximum absolute atomic E-state index is 13.8. The highest BCUT2D eigenvalue weighted by Crippen LogP contribution is 2.35. The number of hydrogen-bond donors (Lipinski definition) is 0. The van der Waals surface area contributed by atoms with Crippen LogP contribution in [0.25, 0.3) is 0 Å². The molecule has 0 spiro atoms. The Morgan fingerprint density at radius 2 is 2.05 bits per heavy atom. The summed E-state index contributed by atoms with van der Waals surface area (Å²) >= 11 is 6.01. The Hall–Kier alpha value is -1.87. The third kappa shape index (κ3) is 2.73. The van der Waals surface area contributed by atoms with E-state index in [4.69, 9.17) is 11.6 Å². The Kier molecular flexibility index (Phi) is 4.16. The first-order valence-corrected chi connectivity index (χ1v) is 7.72. The molecule has 0 N–H and O–H groups in total. The molecule has 0 saturated heterocycles. The Morgan fingerprint density at radius 1 is 1.27 bits per heavy atom. The summed E-state index contributed by atoms with van der Waals surface area (Å²) in [5, 5.41) is 0.300. The van der Waals surface area contributed by atoms with Gasteiger partial charge in [0.25, 0.3) is 0 Å². The van der Waals surface area contributed by atoms with Crippen molar-refractivity contribution in [1.82, 2.24) is 4.90 Å². The number of rotatable bonds is 3. The zero-order valence-electron chi connectivity index (χ0n) is 12.4. The summed E-state index contributed by atoms with van der Waals surface area (Å²) in [6.07, 6.45) is 1.87. The van der Waals surface area contributed by atoms with Gasteiger partial charge in [0.05, 0.1) is 12.5 Å². The molecule has 0 saturated carbocycles. The second kappa shape index (κ2) is 6.09. The van der Waals surface area contributed by atoms with E-state index in [1.165, 1.54) is 17.2 Å². The molecule has 2 nitrogen and oxygen atoms in total. The van der Waals surface area contributed by atoms with Crippen molar-refractivity contribution in [3.63, 3.8) is 0 Å². The Labute approximate surface area is 134 Å². The van der Waals surface area contributed by atoms with E-state index in [0.717, 1.165) is 12.8 Å². The van der Waals surface area contributed by atoms with Gasteiger partial charge in [-0.2, -0.15) is 0 Å². The SMILES string of the molecule is CN(C(=O)Cc1c(F)cccc1Cl)[C@H]1CCc2ccccc21. The first kappa shape index (κ1) is 15.0. The lowest BCUT2D eigenvalue weighted by Gasteiger charge is -2.26. The van der Waals surface area contributed by atoms with Crippen molar-refractivity contribution < 1.29 is 9.18 Å². The number of amides is 1. The quantitative estimate of drug-likeness (QED) is 0.832. The van der Waals surface area contributed by atoms with Crippen molar-refractivity contribution >= 4 is 17.5 Å². The molecule has 2 aromatic rings. The largest absolute Gasteiger partial charge is 0.338 e. The molecule has 1 atom stereocenters. The van der Waals surface area contributed by atoms with Crippen molar-refractivity contribution in [1.29, 1.82) is 0 Å². The van der Waals surface area contributed by atoms with E-state index in [9.17, 15) is 9.18 Å². The summed E-state index contributed by atoms with van der Waals surface area (Å²) in [6, 6.07) is 12.7. The fourth-order valence-electron chi connectivity index (χ4n) is 3.09. The predicted octanol–water partition coefficient (Wildman–Crippen LogP) is 4.17. The second-order valence-corrected chi connectivity index (χ2v) is 6.04. The highest BCUT2D eigenvalue weighted by molar-refractivity contribution is 6.31. The summed E-state index contributed by atoms with van der Waals surface area (Å²) < 4.78 is 13.8. The third-order valence-corrected chi connectivity index (χ3v) is 4.71. The number of halogens is 2. The highest BCUT2D eigenvalue weighted by atomic mass is 35.5. The minimum Gasteiger partial charge on any atom is -0.338 e. The Balaban J connectivity index is 1.79. The van der Waals surface area contributed by atoms with Gasteiger partial charge in [-0.25, -0.2) is 4.39 Å². The fraction of sp³-hybridized carbons (Fsp3) is 0.278. The average Bonchev–Trinajstić information content (AvgIpc) is 2.94. The van der Waals surface area contributed by atoms with Gasteiger partial charge in [0.2, 0.25) is 5.91 Å². The minimum absolute atomic E-state index is 0.0132. The first-order valence-electron chi connectivity index (χ1n) is 7.34. The first-order chi connectivity index (χ1) is 10.6. The van der Waals surface area contributed by atoms with Crippen molar-refractivity contribution in [2.24, 2.45) is 0 Å². The van der Waals surface area contributed by atoms with Gasteiger partial charge in [-0.3, -0.25) is 4.79 Å². The third-order valence-electron chi connectivity index (χ3n) is 4.35. The van der Waals surface area contributed by atoms with Crippen molar-refractivity contribution in [2.45, 2.75) is 25.3 Å². The van der Waals surface area contributed by atoms with Crippen LogP contribution in [0.3, 0.4) is 0 Å². The predicted molar refractivity (Wildman–Crippen MR) is 85.4 cm³/mol. The number of likely N-dealkylation sites (N-methyl/N-ethyl adjacent to an activating group) is 1. The van der Waals surface area contributed by atoms with Gasteiger partial charge in [-0.05, 0) is 36.1 Å². The molecule has 1 aliphatic carbocycles. The lowest BCUT2D eigenvalue weighted by atomic mass is 10.1. The van der Waals surface area contributed by atoms with E-state index in [1.54, 1.807) is 24.1 Å². The van der Waals surface area contributed by atoms with Crippen LogP contribution >= 0.6 is 11.6 Å². The van der Waals surface area contributed by atoms with Gasteiger partial charge < -0.3 is 4.90 Å². The minimum atomic E-state index is -0.430. The molecule has 3 rings (SSSR count). The van der Waals surface area contributed by atoms with Gasteiger partial charge in [-0.15, -0.1) is 0 Å². The van der Waals surface area contributed by atoms with Gasteiger partial charge in [0.15, 0.2) is 0 Å². The van der Waals surface area contributed by atoms with Crippen LogP contribution in [0, 0.1) is 5.82 Å². The monoisotopic (exact) mass is 317 g/mol. The molecule has 0 bridgehead atoms. The van der Waals surface area contributed by atoms with Crippen LogP contribution in [0.5, 0.6) is 0 Å². The van der Waals surface area contributed by atoms with Crippen LogP contribution in [0.1, 0.15) is 29.2 Å². The number of benzene rings is 2. The van der Waals surface area contributed by atoms with E-state index in [1.807, 2.05) is 12.1 Å². The molecule has 2 aromatic carbocycles. The lowest BCUT2D eigenvalue weighted by Crippen LogP contribution is -2.31. The number of fused-ring (bicyclic) bond motifs is 1. The standard InChI is InChI=1S/C18H17ClFNO/c1-21(17-10-9-12-5-2-3-6-13(12)17)18(22)11-14-15(19)7-4-8-16(14)20/h2-8,17H,9-11H2,1H3/t17-/m0/s1. The Bertz CT molecular complexity index is 696. The number of nitrogens with zero attached hydrogens (tertiary/aromatic N) is 1. The molecule has 4 heteroatoms. The number of hydrogen-bond acceptors (Lipinski definition) is 1. The summed E-state index contributed by atoms with van der Waals surface area (Å²) in [7, 11) is 1.78. The fourth-order valence-corrected chi connectivity index (χ4v) is 3.32. The summed E-state index contributed by atoms with van der Waals surface area (Å²) in [6.45, 7) is 0. The number of carbonyl (C=O) groups excluding carboxylic acids is 1. The summed E-state index contributed by atoms with van der Waals surface area (Å²) in [5.41, 5.74) is 2.75. The zero-order chi connectivity index (χ0) is 15.7. The van der Waals surface area contributed by atoms with Crippen LogP contribution in [0.4, 0.5) is 4.39 Å². The van der Waals surface area contributed by atoms with E-state index < -0.39 is 5.82 Å². The molecule has 0 fully saturated rings.